The third kappa shape index (κ3) is 1.64. The average molecular weight is 225 g/mol. The molecule has 86 valence electrons. The topological polar surface area (TPSA) is 30.0 Å². The summed E-state index contributed by atoms with van der Waals surface area (Å²) in [6, 6.07) is 7.99. The van der Waals surface area contributed by atoms with Gasteiger partial charge in [0.1, 0.15) is 0 Å². The van der Waals surface area contributed by atoms with Crippen molar-refractivity contribution in [2.24, 2.45) is 5.41 Å². The van der Waals surface area contributed by atoms with Crippen molar-refractivity contribution in [3.63, 3.8) is 0 Å². The third-order valence-corrected chi connectivity index (χ3v) is 3.44. The number of carbonyl (C=O) groups excluding carboxylic acids is 1. The Morgan fingerprint density at radius 3 is 2.76 bits per heavy atom. The summed E-state index contributed by atoms with van der Waals surface area (Å²) in [5.41, 5.74) is 1.85. The van der Waals surface area contributed by atoms with Gasteiger partial charge < -0.3 is 0 Å². The maximum Gasteiger partial charge on any atom is 0.165 e. The lowest BCUT2D eigenvalue weighted by molar-refractivity contribution is 0.0912. The number of fused-ring (bicyclic) bond motifs is 3. The van der Waals surface area contributed by atoms with Gasteiger partial charge in [-0.3, -0.25) is 9.78 Å². The molecule has 1 heterocycles. The van der Waals surface area contributed by atoms with Crippen LogP contribution in [0.1, 0.15) is 36.3 Å². The van der Waals surface area contributed by atoms with Crippen LogP contribution in [0.25, 0.3) is 10.8 Å². The number of hydrogen-bond acceptors (Lipinski definition) is 2. The van der Waals surface area contributed by atoms with E-state index < -0.39 is 0 Å². The molecule has 17 heavy (non-hydrogen) atoms. The van der Waals surface area contributed by atoms with Crippen molar-refractivity contribution in [1.29, 1.82) is 0 Å². The number of carbonyl (C=O) groups is 1. The SMILES string of the molecule is CC1(C)CC(=O)c2c(ncc3ccccc23)C1. The Balaban J connectivity index is 2.31. The first-order valence-electron chi connectivity index (χ1n) is 5.97. The lowest BCUT2D eigenvalue weighted by atomic mass is 9.75. The largest absolute Gasteiger partial charge is 0.294 e. The van der Waals surface area contributed by atoms with Gasteiger partial charge >= 0.3 is 0 Å². The van der Waals surface area contributed by atoms with Crippen LogP contribution in [0.4, 0.5) is 0 Å². The zero-order chi connectivity index (χ0) is 12.0. The molecule has 2 nitrogen and oxygen atoms in total. The molecule has 0 bridgehead atoms. The molecular weight excluding hydrogens is 210 g/mol. The summed E-state index contributed by atoms with van der Waals surface area (Å²) in [6.07, 6.45) is 3.39. The van der Waals surface area contributed by atoms with E-state index in [-0.39, 0.29) is 11.2 Å². The Morgan fingerprint density at radius 1 is 1.18 bits per heavy atom. The van der Waals surface area contributed by atoms with Crippen LogP contribution in [0, 0.1) is 5.41 Å². The van der Waals surface area contributed by atoms with Crippen LogP contribution in [-0.4, -0.2) is 10.8 Å². The van der Waals surface area contributed by atoms with E-state index in [0.29, 0.717) is 6.42 Å². The van der Waals surface area contributed by atoms with Gasteiger partial charge in [-0.1, -0.05) is 38.1 Å². The summed E-state index contributed by atoms with van der Waals surface area (Å²) in [7, 11) is 0. The zero-order valence-corrected chi connectivity index (χ0v) is 10.2. The van der Waals surface area contributed by atoms with Crippen LogP contribution in [0.5, 0.6) is 0 Å². The minimum Gasteiger partial charge on any atom is -0.294 e. The molecule has 0 radical (unpaired) electrons. The van der Waals surface area contributed by atoms with E-state index in [4.69, 9.17) is 0 Å². The van der Waals surface area contributed by atoms with Gasteiger partial charge in [0.05, 0.1) is 5.69 Å². The minimum atomic E-state index is 0.0412. The number of pyridine rings is 1. The molecule has 0 spiro atoms. The van der Waals surface area contributed by atoms with E-state index in [0.717, 1.165) is 28.5 Å². The number of nitrogens with zero attached hydrogens (tertiary/aromatic N) is 1. The summed E-state index contributed by atoms with van der Waals surface area (Å²) in [4.78, 5) is 16.7. The fourth-order valence-electron chi connectivity index (χ4n) is 2.69. The van der Waals surface area contributed by atoms with Crippen LogP contribution in [0.3, 0.4) is 0 Å². The Hall–Kier alpha value is -1.70. The molecule has 1 aliphatic carbocycles. The van der Waals surface area contributed by atoms with Gasteiger partial charge in [-0.15, -0.1) is 0 Å². The Bertz CT molecular complexity index is 613. The summed E-state index contributed by atoms with van der Waals surface area (Å²) in [5.74, 6) is 0.237. The quantitative estimate of drug-likeness (QED) is 0.688. The molecule has 2 heteroatoms. The van der Waals surface area contributed by atoms with E-state index in [1.807, 2.05) is 30.5 Å². The van der Waals surface area contributed by atoms with Gasteiger partial charge in [0, 0.05) is 23.6 Å². The minimum absolute atomic E-state index is 0.0412. The number of rotatable bonds is 0. The first-order valence-corrected chi connectivity index (χ1v) is 5.97. The second kappa shape index (κ2) is 3.39. The van der Waals surface area contributed by atoms with Crippen molar-refractivity contribution >= 4 is 16.6 Å². The lowest BCUT2D eigenvalue weighted by Crippen LogP contribution is -2.28. The molecule has 0 saturated heterocycles. The maximum absolute atomic E-state index is 12.3. The van der Waals surface area contributed by atoms with Gasteiger partial charge in [-0.05, 0) is 17.2 Å². The highest BCUT2D eigenvalue weighted by molar-refractivity contribution is 6.09. The molecule has 3 rings (SSSR count). The zero-order valence-electron chi connectivity index (χ0n) is 10.2. The molecule has 1 aromatic heterocycles. The Labute approximate surface area is 101 Å². The van der Waals surface area contributed by atoms with E-state index >= 15 is 0 Å². The molecule has 0 saturated carbocycles. The van der Waals surface area contributed by atoms with Crippen LogP contribution < -0.4 is 0 Å². The molecule has 0 aliphatic heterocycles. The highest BCUT2D eigenvalue weighted by Crippen LogP contribution is 2.36. The summed E-state index contributed by atoms with van der Waals surface area (Å²) >= 11 is 0. The maximum atomic E-state index is 12.3. The molecule has 0 fully saturated rings. The molecule has 1 aromatic carbocycles. The van der Waals surface area contributed by atoms with Crippen molar-refractivity contribution in [1.82, 2.24) is 4.98 Å². The van der Waals surface area contributed by atoms with Crippen molar-refractivity contribution in [3.8, 4) is 0 Å². The van der Waals surface area contributed by atoms with Crippen molar-refractivity contribution in [3.05, 3.63) is 41.7 Å². The van der Waals surface area contributed by atoms with Crippen LogP contribution in [-0.2, 0) is 6.42 Å². The van der Waals surface area contributed by atoms with Gasteiger partial charge in [0.15, 0.2) is 5.78 Å². The van der Waals surface area contributed by atoms with Gasteiger partial charge in [-0.2, -0.15) is 0 Å². The van der Waals surface area contributed by atoms with Gasteiger partial charge in [0.2, 0.25) is 0 Å². The van der Waals surface area contributed by atoms with Crippen LogP contribution in [0.2, 0.25) is 0 Å². The molecule has 0 unspecified atom stereocenters. The van der Waals surface area contributed by atoms with Crippen molar-refractivity contribution < 1.29 is 4.79 Å². The van der Waals surface area contributed by atoms with E-state index in [1.54, 1.807) is 0 Å². The second-order valence-corrected chi connectivity index (χ2v) is 5.61. The van der Waals surface area contributed by atoms with Gasteiger partial charge in [-0.25, -0.2) is 0 Å². The van der Waals surface area contributed by atoms with E-state index in [9.17, 15) is 4.79 Å². The molecule has 0 atom stereocenters. The smallest absolute Gasteiger partial charge is 0.165 e. The van der Waals surface area contributed by atoms with Crippen molar-refractivity contribution in [2.75, 3.05) is 0 Å². The fourth-order valence-corrected chi connectivity index (χ4v) is 2.69. The van der Waals surface area contributed by atoms with E-state index in [2.05, 4.69) is 18.8 Å². The van der Waals surface area contributed by atoms with E-state index in [1.165, 1.54) is 0 Å². The lowest BCUT2D eigenvalue weighted by Gasteiger charge is -2.29. The number of benzene rings is 1. The van der Waals surface area contributed by atoms with Gasteiger partial charge in [0.25, 0.3) is 0 Å². The first kappa shape index (κ1) is 10.5. The first-order chi connectivity index (χ1) is 8.07. The molecule has 0 amide bonds. The summed E-state index contributed by atoms with van der Waals surface area (Å²) in [5, 5.41) is 2.11. The summed E-state index contributed by atoms with van der Waals surface area (Å²) in [6.45, 7) is 4.26. The Kier molecular flexibility index (Phi) is 2.09. The Morgan fingerprint density at radius 2 is 1.94 bits per heavy atom. The molecule has 0 N–H and O–H groups in total. The number of Topliss-reactive ketones (excluding diaryl/α,β-unsaturated/α-hetero) is 1. The highest BCUT2D eigenvalue weighted by Gasteiger charge is 2.32. The molecule has 2 aromatic rings. The third-order valence-electron chi connectivity index (χ3n) is 3.44. The van der Waals surface area contributed by atoms with Crippen LogP contribution in [0.15, 0.2) is 30.5 Å². The average Bonchev–Trinajstić information content (AvgIpc) is 2.26. The number of aromatic nitrogens is 1. The van der Waals surface area contributed by atoms with Crippen molar-refractivity contribution in [2.45, 2.75) is 26.7 Å². The predicted octanol–water partition coefficient (Wildman–Crippen LogP) is 3.39. The normalized spacial score (nSPS) is 18.1. The second-order valence-electron chi connectivity index (χ2n) is 5.61. The number of ketones is 1. The fraction of sp³-hybridized carbons (Fsp3) is 0.333. The number of hydrogen-bond donors (Lipinski definition) is 0. The highest BCUT2D eigenvalue weighted by atomic mass is 16.1. The molecular formula is C15H15NO. The monoisotopic (exact) mass is 225 g/mol. The standard InChI is InChI=1S/C15H15NO/c1-15(2)7-12-14(13(17)8-15)11-6-4-3-5-10(11)9-16-12/h3-6,9H,7-8H2,1-2H3. The summed E-state index contributed by atoms with van der Waals surface area (Å²) < 4.78 is 0. The van der Waals surface area contributed by atoms with Crippen LogP contribution >= 0.6 is 0 Å². The predicted molar refractivity (Wildman–Crippen MR) is 68.2 cm³/mol. The molecule has 1 aliphatic rings.